The third-order valence-corrected chi connectivity index (χ3v) is 3.75. The quantitative estimate of drug-likeness (QED) is 0.858. The van der Waals surface area contributed by atoms with Crippen molar-refractivity contribution in [2.75, 3.05) is 26.7 Å². The average Bonchev–Trinajstić information content (AvgIpc) is 3.02. The van der Waals surface area contributed by atoms with Gasteiger partial charge in [0.15, 0.2) is 11.7 Å². The van der Waals surface area contributed by atoms with Gasteiger partial charge in [-0.1, -0.05) is 17.3 Å². The average molecular weight is 318 g/mol. The maximum atomic E-state index is 12.3. The van der Waals surface area contributed by atoms with Crippen molar-refractivity contribution in [1.82, 2.24) is 20.7 Å². The third kappa shape index (κ3) is 3.26. The molecule has 23 heavy (non-hydrogen) atoms. The largest absolute Gasteiger partial charge is 0.365 e. The van der Waals surface area contributed by atoms with E-state index < -0.39 is 6.10 Å². The first-order valence-electron chi connectivity index (χ1n) is 7.38. The van der Waals surface area contributed by atoms with E-state index in [2.05, 4.69) is 15.8 Å². The Hall–Kier alpha value is -2.61. The van der Waals surface area contributed by atoms with Crippen LogP contribution in [0.1, 0.15) is 5.69 Å². The molecule has 1 aromatic carbocycles. The summed E-state index contributed by atoms with van der Waals surface area (Å²) >= 11 is 0. The molecule has 0 spiro atoms. The van der Waals surface area contributed by atoms with E-state index in [-0.39, 0.29) is 25.0 Å². The number of nitrogens with zero attached hydrogens (tertiary/aromatic N) is 2. The SMILES string of the molecule is CNC(=O)C1CN(C(=O)NCc2noc3ccccc23)CCO1. The van der Waals surface area contributed by atoms with Crippen molar-refractivity contribution in [3.05, 3.63) is 30.0 Å². The highest BCUT2D eigenvalue weighted by Gasteiger charge is 2.28. The maximum absolute atomic E-state index is 12.3. The lowest BCUT2D eigenvalue weighted by Crippen LogP contribution is -2.53. The number of nitrogens with one attached hydrogen (secondary N) is 2. The molecule has 0 saturated carbocycles. The molecule has 2 heterocycles. The molecule has 8 heteroatoms. The highest BCUT2D eigenvalue weighted by atomic mass is 16.5. The number of urea groups is 1. The van der Waals surface area contributed by atoms with Crippen LogP contribution < -0.4 is 10.6 Å². The highest BCUT2D eigenvalue weighted by molar-refractivity contribution is 5.83. The third-order valence-electron chi connectivity index (χ3n) is 3.75. The lowest BCUT2D eigenvalue weighted by atomic mass is 10.2. The predicted octanol–water partition coefficient (Wildman–Crippen LogP) is 0.484. The number of para-hydroxylation sites is 1. The molecule has 0 radical (unpaired) electrons. The number of hydrogen-bond donors (Lipinski definition) is 2. The van der Waals surface area contributed by atoms with Gasteiger partial charge in [-0.2, -0.15) is 0 Å². The topological polar surface area (TPSA) is 96.7 Å². The minimum absolute atomic E-state index is 0.227. The second-order valence-electron chi connectivity index (χ2n) is 5.20. The smallest absolute Gasteiger partial charge is 0.317 e. The monoisotopic (exact) mass is 318 g/mol. The van der Waals surface area contributed by atoms with Crippen molar-refractivity contribution in [1.29, 1.82) is 0 Å². The van der Waals surface area contributed by atoms with Gasteiger partial charge in [0.2, 0.25) is 0 Å². The van der Waals surface area contributed by atoms with Gasteiger partial charge in [-0.25, -0.2) is 4.79 Å². The first-order chi connectivity index (χ1) is 11.2. The molecule has 8 nitrogen and oxygen atoms in total. The van der Waals surface area contributed by atoms with Gasteiger partial charge in [0.05, 0.1) is 19.7 Å². The van der Waals surface area contributed by atoms with Crippen LogP contribution in [0.4, 0.5) is 4.79 Å². The van der Waals surface area contributed by atoms with E-state index in [0.29, 0.717) is 24.4 Å². The van der Waals surface area contributed by atoms with Crippen molar-refractivity contribution >= 4 is 22.9 Å². The second kappa shape index (κ2) is 6.66. The molecule has 0 aliphatic carbocycles. The molecule has 1 atom stereocenters. The summed E-state index contributed by atoms with van der Waals surface area (Å²) in [5, 5.41) is 10.2. The fourth-order valence-electron chi connectivity index (χ4n) is 2.49. The number of hydrogen-bond acceptors (Lipinski definition) is 5. The normalized spacial score (nSPS) is 18.0. The molecule has 0 bridgehead atoms. The van der Waals surface area contributed by atoms with E-state index in [4.69, 9.17) is 9.26 Å². The lowest BCUT2D eigenvalue weighted by molar-refractivity contribution is -0.136. The summed E-state index contributed by atoms with van der Waals surface area (Å²) in [6, 6.07) is 7.21. The Morgan fingerprint density at radius 3 is 3.04 bits per heavy atom. The van der Waals surface area contributed by atoms with E-state index in [1.165, 1.54) is 0 Å². The first-order valence-corrected chi connectivity index (χ1v) is 7.38. The summed E-state index contributed by atoms with van der Waals surface area (Å²) in [5.41, 5.74) is 1.35. The van der Waals surface area contributed by atoms with Crippen LogP contribution in [0.25, 0.3) is 11.0 Å². The Morgan fingerprint density at radius 2 is 2.22 bits per heavy atom. The van der Waals surface area contributed by atoms with Crippen LogP contribution in [-0.4, -0.2) is 54.8 Å². The lowest BCUT2D eigenvalue weighted by Gasteiger charge is -2.31. The van der Waals surface area contributed by atoms with Gasteiger partial charge >= 0.3 is 6.03 Å². The summed E-state index contributed by atoms with van der Waals surface area (Å²) in [5.74, 6) is -0.231. The van der Waals surface area contributed by atoms with Crippen LogP contribution in [0.2, 0.25) is 0 Å². The minimum Gasteiger partial charge on any atom is -0.365 e. The van der Waals surface area contributed by atoms with Gasteiger partial charge in [-0.05, 0) is 12.1 Å². The molecule has 1 fully saturated rings. The van der Waals surface area contributed by atoms with Gasteiger partial charge in [0.1, 0.15) is 5.69 Å². The molecule has 2 aromatic rings. The van der Waals surface area contributed by atoms with Crippen molar-refractivity contribution < 1.29 is 18.8 Å². The van der Waals surface area contributed by atoms with Crippen molar-refractivity contribution in [3.63, 3.8) is 0 Å². The molecule has 1 unspecified atom stereocenters. The van der Waals surface area contributed by atoms with E-state index in [9.17, 15) is 9.59 Å². The molecule has 1 aliphatic heterocycles. The van der Waals surface area contributed by atoms with E-state index in [0.717, 1.165) is 5.39 Å². The van der Waals surface area contributed by atoms with Gasteiger partial charge < -0.3 is 24.8 Å². The molecule has 1 saturated heterocycles. The van der Waals surface area contributed by atoms with Gasteiger partial charge in [0, 0.05) is 19.0 Å². The number of likely N-dealkylation sites (N-methyl/N-ethyl adjacent to an activating group) is 1. The standard InChI is InChI=1S/C15H18N4O4/c1-16-14(20)13-9-19(6-7-22-13)15(21)17-8-11-10-4-2-3-5-12(10)23-18-11/h2-5,13H,6-9H2,1H3,(H,16,20)(H,17,21). The zero-order chi connectivity index (χ0) is 16.2. The molecule has 3 amide bonds. The number of morpholine rings is 1. The predicted molar refractivity (Wildman–Crippen MR) is 81.6 cm³/mol. The highest BCUT2D eigenvalue weighted by Crippen LogP contribution is 2.17. The van der Waals surface area contributed by atoms with Crippen LogP contribution in [0, 0.1) is 0 Å². The van der Waals surface area contributed by atoms with Crippen LogP contribution in [0.5, 0.6) is 0 Å². The van der Waals surface area contributed by atoms with Crippen LogP contribution in [0.15, 0.2) is 28.8 Å². The molecular weight excluding hydrogens is 300 g/mol. The Labute approximate surface area is 132 Å². The Kier molecular flexibility index (Phi) is 4.42. The van der Waals surface area contributed by atoms with Crippen molar-refractivity contribution in [2.45, 2.75) is 12.6 Å². The molecule has 122 valence electrons. The van der Waals surface area contributed by atoms with Gasteiger partial charge in [-0.15, -0.1) is 0 Å². The van der Waals surface area contributed by atoms with Crippen LogP contribution in [0.3, 0.4) is 0 Å². The molecule has 3 rings (SSSR count). The molecule has 1 aromatic heterocycles. The summed E-state index contributed by atoms with van der Waals surface area (Å²) in [6.07, 6.45) is -0.632. The van der Waals surface area contributed by atoms with Crippen molar-refractivity contribution in [2.24, 2.45) is 0 Å². The number of carbonyl (C=O) groups is 2. The minimum atomic E-state index is -0.632. The van der Waals surface area contributed by atoms with Gasteiger partial charge in [-0.3, -0.25) is 4.79 Å². The summed E-state index contributed by atoms with van der Waals surface area (Å²) in [6.45, 7) is 1.26. The number of amides is 3. The molecular formula is C15H18N4O4. The van der Waals surface area contributed by atoms with E-state index >= 15 is 0 Å². The number of ether oxygens (including phenoxy) is 1. The van der Waals surface area contributed by atoms with E-state index in [1.807, 2.05) is 24.3 Å². The summed E-state index contributed by atoms with van der Waals surface area (Å²) in [4.78, 5) is 25.4. The zero-order valence-electron chi connectivity index (χ0n) is 12.7. The number of benzene rings is 1. The Bertz CT molecular complexity index is 714. The van der Waals surface area contributed by atoms with Gasteiger partial charge in [0.25, 0.3) is 5.91 Å². The number of aromatic nitrogens is 1. The fourth-order valence-corrected chi connectivity index (χ4v) is 2.49. The van der Waals surface area contributed by atoms with Crippen molar-refractivity contribution in [3.8, 4) is 0 Å². The summed E-state index contributed by atoms with van der Waals surface area (Å²) < 4.78 is 10.6. The Balaban J connectivity index is 1.60. The van der Waals surface area contributed by atoms with Crippen LogP contribution in [-0.2, 0) is 16.1 Å². The van der Waals surface area contributed by atoms with Crippen LogP contribution >= 0.6 is 0 Å². The molecule has 1 aliphatic rings. The Morgan fingerprint density at radius 1 is 1.39 bits per heavy atom. The number of fused-ring (bicyclic) bond motifs is 1. The maximum Gasteiger partial charge on any atom is 0.317 e. The number of carbonyl (C=O) groups excluding carboxylic acids is 2. The number of rotatable bonds is 3. The second-order valence-corrected chi connectivity index (χ2v) is 5.20. The first kappa shape index (κ1) is 15.3. The van der Waals surface area contributed by atoms with E-state index in [1.54, 1.807) is 11.9 Å². The summed E-state index contributed by atoms with van der Waals surface area (Å²) in [7, 11) is 1.54. The zero-order valence-corrected chi connectivity index (χ0v) is 12.7. The fraction of sp³-hybridized carbons (Fsp3) is 0.400. The molecule has 2 N–H and O–H groups in total.